The number of nitrogens with zero attached hydrogens (tertiary/aromatic N) is 1. The zero-order chi connectivity index (χ0) is 12.6. The lowest BCUT2D eigenvalue weighted by Gasteiger charge is -2.04. The molecule has 4 nitrogen and oxygen atoms in total. The minimum absolute atomic E-state index is 0.0358. The lowest BCUT2D eigenvalue weighted by molar-refractivity contribution is 0.0693. The molecule has 0 atom stereocenters. The number of aromatic hydroxyl groups is 1. The third-order valence-corrected chi connectivity index (χ3v) is 2.92. The SMILES string of the molecule is Cc1c(C(=O)O)c(O)c(-c2ccccc2)n1C. The minimum atomic E-state index is -1.11. The summed E-state index contributed by atoms with van der Waals surface area (Å²) in [6.45, 7) is 1.68. The van der Waals surface area contributed by atoms with Gasteiger partial charge in [-0.15, -0.1) is 0 Å². The largest absolute Gasteiger partial charge is 0.505 e. The van der Waals surface area contributed by atoms with Gasteiger partial charge in [-0.25, -0.2) is 4.79 Å². The van der Waals surface area contributed by atoms with Gasteiger partial charge in [0.15, 0.2) is 5.75 Å². The lowest BCUT2D eigenvalue weighted by Crippen LogP contribution is -1.99. The van der Waals surface area contributed by atoms with Crippen LogP contribution >= 0.6 is 0 Å². The summed E-state index contributed by atoms with van der Waals surface area (Å²) in [6, 6.07) is 9.23. The van der Waals surface area contributed by atoms with Crippen molar-refractivity contribution in [3.63, 3.8) is 0 Å². The number of carboxylic acids is 1. The smallest absolute Gasteiger partial charge is 0.341 e. The minimum Gasteiger partial charge on any atom is -0.505 e. The van der Waals surface area contributed by atoms with Crippen LogP contribution < -0.4 is 0 Å². The van der Waals surface area contributed by atoms with Crippen LogP contribution in [0.5, 0.6) is 5.75 Å². The predicted molar refractivity (Wildman–Crippen MR) is 64.2 cm³/mol. The topological polar surface area (TPSA) is 62.5 Å². The molecular formula is C13H13NO3. The molecule has 0 aliphatic rings. The van der Waals surface area contributed by atoms with Crippen LogP contribution in [-0.4, -0.2) is 20.7 Å². The Hall–Kier alpha value is -2.23. The van der Waals surface area contributed by atoms with Gasteiger partial charge in [-0.05, 0) is 6.92 Å². The van der Waals surface area contributed by atoms with Gasteiger partial charge in [0.1, 0.15) is 5.56 Å². The van der Waals surface area contributed by atoms with Crippen molar-refractivity contribution in [1.82, 2.24) is 4.57 Å². The summed E-state index contributed by atoms with van der Waals surface area (Å²) in [5, 5.41) is 19.1. The van der Waals surface area contributed by atoms with Gasteiger partial charge in [0.25, 0.3) is 0 Å². The Labute approximate surface area is 98.8 Å². The van der Waals surface area contributed by atoms with Crippen LogP contribution in [0.25, 0.3) is 11.3 Å². The molecule has 0 saturated heterocycles. The van der Waals surface area contributed by atoms with Gasteiger partial charge in [-0.3, -0.25) is 0 Å². The Balaban J connectivity index is 2.72. The first-order valence-corrected chi connectivity index (χ1v) is 5.21. The fourth-order valence-electron chi connectivity index (χ4n) is 1.97. The second kappa shape index (κ2) is 3.97. The van der Waals surface area contributed by atoms with E-state index in [-0.39, 0.29) is 11.3 Å². The van der Waals surface area contributed by atoms with E-state index >= 15 is 0 Å². The van der Waals surface area contributed by atoms with E-state index in [1.165, 1.54) is 0 Å². The van der Waals surface area contributed by atoms with Gasteiger partial charge in [-0.1, -0.05) is 30.3 Å². The van der Waals surface area contributed by atoms with E-state index in [0.717, 1.165) is 5.56 Å². The molecule has 2 N–H and O–H groups in total. The van der Waals surface area contributed by atoms with Gasteiger partial charge in [0.2, 0.25) is 0 Å². The molecular weight excluding hydrogens is 218 g/mol. The molecule has 1 aromatic heterocycles. The van der Waals surface area contributed by atoms with E-state index in [2.05, 4.69) is 0 Å². The number of hydrogen-bond acceptors (Lipinski definition) is 2. The zero-order valence-electron chi connectivity index (χ0n) is 9.64. The van der Waals surface area contributed by atoms with Crippen molar-refractivity contribution in [2.45, 2.75) is 6.92 Å². The maximum Gasteiger partial charge on any atom is 0.341 e. The number of rotatable bonds is 2. The molecule has 0 aliphatic heterocycles. The predicted octanol–water partition coefficient (Wildman–Crippen LogP) is 2.40. The molecule has 0 amide bonds. The van der Waals surface area contributed by atoms with Crippen molar-refractivity contribution in [2.75, 3.05) is 0 Å². The Kier molecular flexibility index (Phi) is 2.63. The highest BCUT2D eigenvalue weighted by atomic mass is 16.4. The molecule has 0 bridgehead atoms. The molecule has 0 radical (unpaired) electrons. The van der Waals surface area contributed by atoms with Crippen molar-refractivity contribution in [3.05, 3.63) is 41.6 Å². The fraction of sp³-hybridized carbons (Fsp3) is 0.154. The number of carboxylic acid groups (broad SMARTS) is 1. The number of benzene rings is 1. The molecule has 1 aromatic carbocycles. The highest BCUT2D eigenvalue weighted by Gasteiger charge is 2.23. The summed E-state index contributed by atoms with van der Waals surface area (Å²) in [6.07, 6.45) is 0. The Bertz CT molecular complexity index is 570. The average Bonchev–Trinajstić information content (AvgIpc) is 2.51. The van der Waals surface area contributed by atoms with Crippen LogP contribution in [-0.2, 0) is 7.05 Å². The standard InChI is InChI=1S/C13H13NO3/c1-8-10(13(16)17)12(15)11(14(8)2)9-6-4-3-5-7-9/h3-7,15H,1-2H3,(H,16,17). The maximum absolute atomic E-state index is 11.1. The molecule has 0 spiro atoms. The first-order valence-electron chi connectivity index (χ1n) is 5.21. The molecule has 2 aromatic rings. The highest BCUT2D eigenvalue weighted by Crippen LogP contribution is 2.36. The number of aromatic nitrogens is 1. The van der Waals surface area contributed by atoms with Gasteiger partial charge in [0.05, 0.1) is 5.69 Å². The van der Waals surface area contributed by atoms with E-state index in [0.29, 0.717) is 11.4 Å². The van der Waals surface area contributed by atoms with E-state index in [9.17, 15) is 9.90 Å². The normalized spacial score (nSPS) is 10.5. The summed E-state index contributed by atoms with van der Waals surface area (Å²) in [5.74, 6) is -1.29. The molecule has 88 valence electrons. The molecule has 0 saturated carbocycles. The summed E-state index contributed by atoms with van der Waals surface area (Å²) in [7, 11) is 1.74. The van der Waals surface area contributed by atoms with E-state index in [1.54, 1.807) is 18.5 Å². The number of aromatic carboxylic acids is 1. The van der Waals surface area contributed by atoms with Crippen molar-refractivity contribution < 1.29 is 15.0 Å². The lowest BCUT2D eigenvalue weighted by atomic mass is 10.1. The average molecular weight is 231 g/mol. The number of hydrogen-bond donors (Lipinski definition) is 2. The van der Waals surface area contributed by atoms with Gasteiger partial charge in [-0.2, -0.15) is 0 Å². The molecule has 1 heterocycles. The Morgan fingerprint density at radius 1 is 1.24 bits per heavy atom. The van der Waals surface area contributed by atoms with Crippen molar-refractivity contribution in [3.8, 4) is 17.0 Å². The van der Waals surface area contributed by atoms with Crippen LogP contribution in [0.4, 0.5) is 0 Å². The Morgan fingerprint density at radius 2 is 1.82 bits per heavy atom. The summed E-state index contributed by atoms with van der Waals surface area (Å²) in [4.78, 5) is 11.1. The first kappa shape index (κ1) is 11.3. The third kappa shape index (κ3) is 1.67. The maximum atomic E-state index is 11.1. The Morgan fingerprint density at radius 3 is 2.29 bits per heavy atom. The van der Waals surface area contributed by atoms with E-state index in [1.807, 2.05) is 30.3 Å². The second-order valence-electron chi connectivity index (χ2n) is 3.89. The molecule has 0 aliphatic carbocycles. The van der Waals surface area contributed by atoms with Crippen LogP contribution in [0.2, 0.25) is 0 Å². The molecule has 17 heavy (non-hydrogen) atoms. The van der Waals surface area contributed by atoms with Crippen LogP contribution in [0.3, 0.4) is 0 Å². The summed E-state index contributed by atoms with van der Waals surface area (Å²) < 4.78 is 1.69. The van der Waals surface area contributed by atoms with Gasteiger partial charge < -0.3 is 14.8 Å². The van der Waals surface area contributed by atoms with Crippen molar-refractivity contribution >= 4 is 5.97 Å². The van der Waals surface area contributed by atoms with Crippen LogP contribution in [0, 0.1) is 6.92 Å². The van der Waals surface area contributed by atoms with Crippen LogP contribution in [0.1, 0.15) is 16.1 Å². The molecule has 0 fully saturated rings. The molecule has 2 rings (SSSR count). The van der Waals surface area contributed by atoms with Gasteiger partial charge >= 0.3 is 5.97 Å². The van der Waals surface area contributed by atoms with Crippen LogP contribution in [0.15, 0.2) is 30.3 Å². The zero-order valence-corrected chi connectivity index (χ0v) is 9.64. The first-order chi connectivity index (χ1) is 8.04. The molecule has 0 unspecified atom stereocenters. The van der Waals surface area contributed by atoms with E-state index in [4.69, 9.17) is 5.11 Å². The fourth-order valence-corrected chi connectivity index (χ4v) is 1.97. The third-order valence-electron chi connectivity index (χ3n) is 2.92. The van der Waals surface area contributed by atoms with E-state index < -0.39 is 5.97 Å². The highest BCUT2D eigenvalue weighted by molar-refractivity contribution is 5.95. The summed E-state index contributed by atoms with van der Waals surface area (Å²) in [5.41, 5.74) is 1.82. The second-order valence-corrected chi connectivity index (χ2v) is 3.89. The quantitative estimate of drug-likeness (QED) is 0.834. The van der Waals surface area contributed by atoms with Crippen molar-refractivity contribution in [1.29, 1.82) is 0 Å². The summed E-state index contributed by atoms with van der Waals surface area (Å²) >= 11 is 0. The monoisotopic (exact) mass is 231 g/mol. The van der Waals surface area contributed by atoms with Crippen molar-refractivity contribution in [2.24, 2.45) is 7.05 Å². The van der Waals surface area contributed by atoms with Gasteiger partial charge in [0, 0.05) is 18.3 Å². The molecule has 4 heteroatoms. The number of carbonyl (C=O) groups is 1.